The van der Waals surface area contributed by atoms with Gasteiger partial charge in [-0.15, -0.1) is 12.1 Å². The van der Waals surface area contributed by atoms with Crippen LogP contribution in [-0.4, -0.2) is 0 Å². The van der Waals surface area contributed by atoms with Crippen LogP contribution < -0.4 is 0 Å². The van der Waals surface area contributed by atoms with E-state index in [2.05, 4.69) is 18.6 Å². The summed E-state index contributed by atoms with van der Waals surface area (Å²) in [6.45, 7) is 2.04. The Balaban J connectivity index is 0.000000640. The van der Waals surface area contributed by atoms with E-state index in [0.717, 1.165) is 0 Å². The van der Waals surface area contributed by atoms with Gasteiger partial charge in [0.15, 0.2) is 0 Å². The fourth-order valence-electron chi connectivity index (χ4n) is 0.645. The van der Waals surface area contributed by atoms with E-state index in [9.17, 15) is 0 Å². The minimum atomic E-state index is 0. The molecule has 0 radical (unpaired) electrons. The summed E-state index contributed by atoms with van der Waals surface area (Å²) in [6, 6.07) is 10.3. The molecule has 1 heteroatoms. The van der Waals surface area contributed by atoms with Crippen molar-refractivity contribution < 1.29 is 21.1 Å². The van der Waals surface area contributed by atoms with Gasteiger partial charge in [0, 0.05) is 0 Å². The molecule has 0 N–H and O–H groups in total. The number of rotatable bonds is 1. The van der Waals surface area contributed by atoms with Gasteiger partial charge in [-0.3, -0.25) is 0 Å². The summed E-state index contributed by atoms with van der Waals surface area (Å²) in [7, 11) is 0. The molecule has 0 atom stereocenters. The minimum Gasteiger partial charge on any atom is -0.192 e. The van der Waals surface area contributed by atoms with Crippen molar-refractivity contribution in [1.82, 2.24) is 0 Å². The normalized spacial score (nSPS) is 7.67. The number of hydrogen-bond acceptors (Lipinski definition) is 0. The predicted octanol–water partition coefficient (Wildman–Crippen LogP) is 2.26. The maximum absolute atomic E-state index is 2.08. The molecular weight excluding hydrogens is 280 g/mol. The van der Waals surface area contributed by atoms with Crippen LogP contribution in [0.3, 0.4) is 0 Å². The Bertz CT molecular complexity index is 146. The molecule has 0 aromatic heterocycles. The van der Waals surface area contributed by atoms with Gasteiger partial charge in [-0.05, 0) is 0 Å². The van der Waals surface area contributed by atoms with E-state index in [-0.39, 0.29) is 21.1 Å². The second-order valence-corrected chi connectivity index (χ2v) is 1.70. The van der Waals surface area contributed by atoms with E-state index in [0.29, 0.717) is 0 Å². The van der Waals surface area contributed by atoms with Gasteiger partial charge in [0.2, 0.25) is 0 Å². The molecular formula is C8H9W+. The van der Waals surface area contributed by atoms with Gasteiger partial charge in [-0.25, -0.2) is 0 Å². The summed E-state index contributed by atoms with van der Waals surface area (Å²) in [5, 5.41) is 0. The molecule has 0 amide bonds. The molecule has 0 nitrogen and oxygen atoms in total. The van der Waals surface area contributed by atoms with Gasteiger partial charge in [-0.1, -0.05) is 13.0 Å². The monoisotopic (exact) mass is 289 g/mol. The third kappa shape index (κ3) is 2.72. The second kappa shape index (κ2) is 4.64. The number of benzene rings is 1. The van der Waals surface area contributed by atoms with Crippen LogP contribution in [0.25, 0.3) is 0 Å². The summed E-state index contributed by atoms with van der Waals surface area (Å²) in [6.07, 6.45) is 2.08. The van der Waals surface area contributed by atoms with Crippen molar-refractivity contribution in [3.8, 4) is 0 Å². The molecule has 1 aromatic rings. The first kappa shape index (κ1) is 8.78. The first-order valence-electron chi connectivity index (χ1n) is 2.78. The fraction of sp³-hybridized carbons (Fsp3) is 0.125. The molecule has 0 fully saturated rings. The molecule has 0 spiro atoms. The van der Waals surface area contributed by atoms with Gasteiger partial charge in [0.1, 0.15) is 0 Å². The van der Waals surface area contributed by atoms with E-state index in [4.69, 9.17) is 0 Å². The van der Waals surface area contributed by atoms with Gasteiger partial charge >= 0.3 is 21.1 Å². The maximum atomic E-state index is 2.08. The second-order valence-electron chi connectivity index (χ2n) is 1.70. The van der Waals surface area contributed by atoms with Crippen LogP contribution in [0.2, 0.25) is 0 Å². The van der Waals surface area contributed by atoms with Crippen molar-refractivity contribution in [2.24, 2.45) is 0 Å². The van der Waals surface area contributed by atoms with Crippen LogP contribution in [0.15, 0.2) is 30.3 Å². The molecule has 0 aliphatic heterocycles. The third-order valence-electron chi connectivity index (χ3n) is 1.13. The quantitative estimate of drug-likeness (QED) is 0.696. The molecule has 0 bridgehead atoms. The van der Waals surface area contributed by atoms with Gasteiger partial charge in [0.05, 0.1) is 0 Å². The van der Waals surface area contributed by atoms with E-state index in [1.165, 1.54) is 5.56 Å². The zero-order chi connectivity index (χ0) is 5.82. The van der Waals surface area contributed by atoms with Crippen molar-refractivity contribution in [1.29, 1.82) is 0 Å². The SMILES string of the molecule is C[CH-]c1ccccc1.[W+2]. The van der Waals surface area contributed by atoms with Crippen LogP contribution in [0, 0.1) is 6.42 Å². The first-order chi connectivity index (χ1) is 3.93. The molecule has 1 aromatic carbocycles. The van der Waals surface area contributed by atoms with Crippen molar-refractivity contribution in [2.75, 3.05) is 0 Å². The Hall–Kier alpha value is -0.222. The Morgan fingerprint density at radius 2 is 1.67 bits per heavy atom. The van der Waals surface area contributed by atoms with Gasteiger partial charge in [0.25, 0.3) is 0 Å². The maximum Gasteiger partial charge on any atom is 2.00 e. The van der Waals surface area contributed by atoms with Crippen LogP contribution in [0.5, 0.6) is 0 Å². The summed E-state index contributed by atoms with van der Waals surface area (Å²) < 4.78 is 0. The summed E-state index contributed by atoms with van der Waals surface area (Å²) >= 11 is 0. The Kier molecular flexibility index (Phi) is 4.52. The van der Waals surface area contributed by atoms with Crippen LogP contribution in [0.1, 0.15) is 12.5 Å². The van der Waals surface area contributed by atoms with Gasteiger partial charge in [-0.2, -0.15) is 24.1 Å². The smallest absolute Gasteiger partial charge is 0.192 e. The molecule has 0 saturated carbocycles. The van der Waals surface area contributed by atoms with Crippen molar-refractivity contribution in [3.05, 3.63) is 42.3 Å². The van der Waals surface area contributed by atoms with Crippen molar-refractivity contribution in [3.63, 3.8) is 0 Å². The van der Waals surface area contributed by atoms with E-state index in [1.54, 1.807) is 0 Å². The molecule has 0 aliphatic rings. The number of hydrogen-bond donors (Lipinski definition) is 0. The summed E-state index contributed by atoms with van der Waals surface area (Å²) in [5.41, 5.74) is 1.28. The van der Waals surface area contributed by atoms with Gasteiger partial charge < -0.3 is 0 Å². The Morgan fingerprint density at radius 1 is 1.11 bits per heavy atom. The Labute approximate surface area is 70.5 Å². The summed E-state index contributed by atoms with van der Waals surface area (Å²) in [4.78, 5) is 0. The largest absolute Gasteiger partial charge is 2.00 e. The van der Waals surface area contributed by atoms with Crippen LogP contribution >= 0.6 is 0 Å². The van der Waals surface area contributed by atoms with E-state index in [1.807, 2.05) is 25.1 Å². The predicted molar refractivity (Wildman–Crippen MR) is 35.5 cm³/mol. The summed E-state index contributed by atoms with van der Waals surface area (Å²) in [5.74, 6) is 0. The van der Waals surface area contributed by atoms with Crippen LogP contribution in [-0.2, 0) is 21.1 Å². The van der Waals surface area contributed by atoms with Crippen molar-refractivity contribution >= 4 is 0 Å². The van der Waals surface area contributed by atoms with Crippen molar-refractivity contribution in [2.45, 2.75) is 6.92 Å². The topological polar surface area (TPSA) is 0 Å². The molecule has 9 heavy (non-hydrogen) atoms. The molecule has 0 saturated heterocycles. The minimum absolute atomic E-state index is 0. The first-order valence-corrected chi connectivity index (χ1v) is 2.78. The third-order valence-corrected chi connectivity index (χ3v) is 1.13. The van der Waals surface area contributed by atoms with E-state index < -0.39 is 0 Å². The standard InChI is InChI=1S/C8H9.W/c1-2-8-6-4-3-5-7-8;/h2-7H,1H3;/q-1;+2. The zero-order valence-electron chi connectivity index (χ0n) is 5.37. The average Bonchev–Trinajstić information content (AvgIpc) is 1.90. The molecule has 1 rings (SSSR count). The Morgan fingerprint density at radius 3 is 2.00 bits per heavy atom. The molecule has 0 unspecified atom stereocenters. The molecule has 0 heterocycles. The molecule has 0 aliphatic carbocycles. The van der Waals surface area contributed by atoms with E-state index >= 15 is 0 Å². The fourth-order valence-corrected chi connectivity index (χ4v) is 0.645. The zero-order valence-corrected chi connectivity index (χ0v) is 8.31. The van der Waals surface area contributed by atoms with Crippen LogP contribution in [0.4, 0.5) is 0 Å². The molecule has 46 valence electrons. The average molecular weight is 289 g/mol.